The minimum atomic E-state index is -4.57. The van der Waals surface area contributed by atoms with Crippen LogP contribution in [0.1, 0.15) is 75.8 Å². The van der Waals surface area contributed by atoms with Gasteiger partial charge in [0.2, 0.25) is 11.8 Å². The van der Waals surface area contributed by atoms with Crippen LogP contribution in [-0.2, 0) is 15.8 Å². The van der Waals surface area contributed by atoms with Crippen LogP contribution in [0.15, 0.2) is 24.3 Å². The summed E-state index contributed by atoms with van der Waals surface area (Å²) in [5.41, 5.74) is -0.958. The lowest BCUT2D eigenvalue weighted by atomic mass is 9.89. The SMILES string of the molecule is C1CCC1.CCCN(C(C)=O)C(=O)C(CCCCl)c1ccccc1C(F)(F)F. The number of carbonyl (C=O) groups excluding carboxylic acids is 2. The molecule has 0 bridgehead atoms. The van der Waals surface area contributed by atoms with Crippen molar-refractivity contribution < 1.29 is 22.8 Å². The molecule has 0 aromatic heterocycles. The van der Waals surface area contributed by atoms with Gasteiger partial charge < -0.3 is 0 Å². The Hall–Kier alpha value is -1.56. The molecule has 2 rings (SSSR count). The Kier molecular flexibility index (Phi) is 10.6. The van der Waals surface area contributed by atoms with Crippen LogP contribution in [0.5, 0.6) is 0 Å². The van der Waals surface area contributed by atoms with Crippen LogP contribution < -0.4 is 0 Å². The average Bonchev–Trinajstić information content (AvgIpc) is 2.57. The van der Waals surface area contributed by atoms with Gasteiger partial charge in [-0.15, -0.1) is 11.6 Å². The van der Waals surface area contributed by atoms with E-state index >= 15 is 0 Å². The molecule has 1 unspecified atom stereocenters. The molecule has 1 saturated carbocycles. The topological polar surface area (TPSA) is 37.4 Å². The Morgan fingerprint density at radius 2 is 1.71 bits per heavy atom. The highest BCUT2D eigenvalue weighted by Gasteiger charge is 2.38. The molecule has 1 aromatic carbocycles. The molecular formula is C21H29ClF3NO2. The van der Waals surface area contributed by atoms with E-state index in [1.54, 1.807) is 6.92 Å². The summed E-state index contributed by atoms with van der Waals surface area (Å²) in [7, 11) is 0. The van der Waals surface area contributed by atoms with E-state index in [1.165, 1.54) is 50.8 Å². The van der Waals surface area contributed by atoms with Crippen LogP contribution in [0, 0.1) is 0 Å². The monoisotopic (exact) mass is 419 g/mol. The average molecular weight is 420 g/mol. The Labute approximate surface area is 170 Å². The Morgan fingerprint density at radius 1 is 1.14 bits per heavy atom. The van der Waals surface area contributed by atoms with Crippen LogP contribution >= 0.6 is 11.6 Å². The van der Waals surface area contributed by atoms with Crippen molar-refractivity contribution in [1.29, 1.82) is 0 Å². The zero-order valence-corrected chi connectivity index (χ0v) is 17.3. The Morgan fingerprint density at radius 3 is 2.14 bits per heavy atom. The smallest absolute Gasteiger partial charge is 0.282 e. The lowest BCUT2D eigenvalue weighted by molar-refractivity contribution is -0.145. The van der Waals surface area contributed by atoms with Crippen molar-refractivity contribution in [3.05, 3.63) is 35.4 Å². The van der Waals surface area contributed by atoms with Crippen LogP contribution in [-0.4, -0.2) is 29.1 Å². The molecule has 1 aliphatic rings. The van der Waals surface area contributed by atoms with Crippen molar-refractivity contribution in [1.82, 2.24) is 4.90 Å². The summed E-state index contributed by atoms with van der Waals surface area (Å²) < 4.78 is 39.9. The summed E-state index contributed by atoms with van der Waals surface area (Å²) in [4.78, 5) is 25.5. The van der Waals surface area contributed by atoms with Gasteiger partial charge in [-0.3, -0.25) is 14.5 Å². The molecule has 7 heteroatoms. The molecule has 0 N–H and O–H groups in total. The van der Waals surface area contributed by atoms with Gasteiger partial charge in [-0.2, -0.15) is 13.2 Å². The molecule has 0 radical (unpaired) electrons. The summed E-state index contributed by atoms with van der Waals surface area (Å²) in [6, 6.07) is 4.99. The lowest BCUT2D eigenvalue weighted by Gasteiger charge is -2.26. The number of imide groups is 1. The van der Waals surface area contributed by atoms with Crippen LogP contribution in [0.25, 0.3) is 0 Å². The molecule has 3 nitrogen and oxygen atoms in total. The zero-order valence-electron chi connectivity index (χ0n) is 16.5. The van der Waals surface area contributed by atoms with E-state index in [-0.39, 0.29) is 24.4 Å². The fourth-order valence-electron chi connectivity index (χ4n) is 2.84. The maximum atomic E-state index is 13.3. The van der Waals surface area contributed by atoms with Crippen LogP contribution in [0.4, 0.5) is 13.2 Å². The van der Waals surface area contributed by atoms with E-state index in [0.717, 1.165) is 11.0 Å². The van der Waals surface area contributed by atoms with Crippen molar-refractivity contribution in [3.63, 3.8) is 0 Å². The van der Waals surface area contributed by atoms with Crippen molar-refractivity contribution in [3.8, 4) is 0 Å². The molecule has 1 fully saturated rings. The number of rotatable bonds is 7. The van der Waals surface area contributed by atoms with Crippen molar-refractivity contribution in [2.45, 2.75) is 70.9 Å². The molecule has 1 atom stereocenters. The third-order valence-corrected chi connectivity index (χ3v) is 4.93. The van der Waals surface area contributed by atoms with E-state index < -0.39 is 29.5 Å². The fourth-order valence-corrected chi connectivity index (χ4v) is 2.99. The first-order chi connectivity index (χ1) is 13.2. The lowest BCUT2D eigenvalue weighted by Crippen LogP contribution is -2.39. The van der Waals surface area contributed by atoms with Gasteiger partial charge in [0, 0.05) is 19.3 Å². The second-order valence-corrected chi connectivity index (χ2v) is 7.27. The highest BCUT2D eigenvalue weighted by molar-refractivity contribution is 6.17. The molecule has 0 aliphatic heterocycles. The molecule has 0 saturated heterocycles. The zero-order chi connectivity index (χ0) is 21.2. The number of benzene rings is 1. The molecule has 2 amide bonds. The van der Waals surface area contributed by atoms with Gasteiger partial charge in [0.05, 0.1) is 11.5 Å². The highest BCUT2D eigenvalue weighted by Crippen LogP contribution is 2.37. The van der Waals surface area contributed by atoms with Crippen molar-refractivity contribution in [2.75, 3.05) is 12.4 Å². The summed E-state index contributed by atoms with van der Waals surface area (Å²) >= 11 is 5.66. The number of carbonyl (C=O) groups is 2. The number of nitrogens with zero attached hydrogens (tertiary/aromatic N) is 1. The first-order valence-electron chi connectivity index (χ1n) is 9.78. The molecule has 158 valence electrons. The first-order valence-corrected chi connectivity index (χ1v) is 10.3. The standard InChI is InChI=1S/C17H21ClF3NO2.C4H8/c1-3-11-22(12(2)23)16(24)14(8-6-10-18)13-7-4-5-9-15(13)17(19,20)21;1-2-4-3-1/h4-5,7,9,14H,3,6,8,10-11H2,1-2H3;1-4H2. The van der Waals surface area contributed by atoms with Gasteiger partial charge in [-0.05, 0) is 30.9 Å². The maximum absolute atomic E-state index is 13.3. The van der Waals surface area contributed by atoms with Gasteiger partial charge in [0.25, 0.3) is 0 Å². The Bertz CT molecular complexity index is 626. The predicted octanol–water partition coefficient (Wildman–Crippen LogP) is 6.15. The first kappa shape index (κ1) is 24.5. The quantitative estimate of drug-likeness (QED) is 0.497. The number of halogens is 4. The molecule has 0 heterocycles. The van der Waals surface area contributed by atoms with Gasteiger partial charge in [0.15, 0.2) is 0 Å². The summed E-state index contributed by atoms with van der Waals surface area (Å²) in [6.07, 6.45) is 2.50. The third kappa shape index (κ3) is 7.46. The van der Waals surface area contributed by atoms with Crippen molar-refractivity contribution >= 4 is 23.4 Å². The summed E-state index contributed by atoms with van der Waals surface area (Å²) in [5, 5.41) is 0. The largest absolute Gasteiger partial charge is 0.416 e. The fraction of sp³-hybridized carbons (Fsp3) is 0.619. The number of alkyl halides is 4. The predicted molar refractivity (Wildman–Crippen MR) is 105 cm³/mol. The van der Waals surface area contributed by atoms with E-state index in [4.69, 9.17) is 11.6 Å². The van der Waals surface area contributed by atoms with Crippen LogP contribution in [0.2, 0.25) is 0 Å². The van der Waals surface area contributed by atoms with Crippen molar-refractivity contribution in [2.24, 2.45) is 0 Å². The van der Waals surface area contributed by atoms with Gasteiger partial charge in [-0.1, -0.05) is 50.8 Å². The van der Waals surface area contributed by atoms with E-state index in [0.29, 0.717) is 12.8 Å². The second kappa shape index (κ2) is 12.1. The van der Waals surface area contributed by atoms with Crippen LogP contribution in [0.3, 0.4) is 0 Å². The Balaban J connectivity index is 0.000000863. The molecule has 28 heavy (non-hydrogen) atoms. The number of amides is 2. The number of hydrogen-bond donors (Lipinski definition) is 0. The van der Waals surface area contributed by atoms with Gasteiger partial charge in [0.1, 0.15) is 0 Å². The highest BCUT2D eigenvalue weighted by atomic mass is 35.5. The van der Waals surface area contributed by atoms with E-state index in [2.05, 4.69) is 0 Å². The normalized spacial score (nSPS) is 14.4. The molecular weight excluding hydrogens is 391 g/mol. The second-order valence-electron chi connectivity index (χ2n) is 6.89. The maximum Gasteiger partial charge on any atom is 0.416 e. The van der Waals surface area contributed by atoms with E-state index in [9.17, 15) is 22.8 Å². The molecule has 1 aromatic rings. The third-order valence-electron chi connectivity index (χ3n) is 4.66. The van der Waals surface area contributed by atoms with Gasteiger partial charge >= 0.3 is 6.18 Å². The minimum Gasteiger partial charge on any atom is -0.282 e. The number of hydrogen-bond acceptors (Lipinski definition) is 2. The molecule has 0 spiro atoms. The minimum absolute atomic E-state index is 0.109. The molecule has 1 aliphatic carbocycles. The van der Waals surface area contributed by atoms with Gasteiger partial charge in [-0.25, -0.2) is 0 Å². The summed E-state index contributed by atoms with van der Waals surface area (Å²) in [6.45, 7) is 3.21. The van der Waals surface area contributed by atoms with E-state index in [1.807, 2.05) is 0 Å². The summed E-state index contributed by atoms with van der Waals surface area (Å²) in [5.74, 6) is -1.89.